The van der Waals surface area contributed by atoms with Crippen LogP contribution >= 0.6 is 11.8 Å². The first-order valence-corrected chi connectivity index (χ1v) is 11.4. The quantitative estimate of drug-likeness (QED) is 0.381. The Hall–Kier alpha value is -3.91. The van der Waals surface area contributed by atoms with Gasteiger partial charge in [-0.1, -0.05) is 72.4 Å². The molecule has 33 heavy (non-hydrogen) atoms. The highest BCUT2D eigenvalue weighted by atomic mass is 32.2. The number of aromatic nitrogens is 3. The van der Waals surface area contributed by atoms with E-state index in [9.17, 15) is 9.59 Å². The van der Waals surface area contributed by atoms with Gasteiger partial charge in [-0.2, -0.15) is 0 Å². The average Bonchev–Trinajstić information content (AvgIpc) is 3.33. The molecule has 4 aromatic rings. The fourth-order valence-corrected chi connectivity index (χ4v) is 4.02. The summed E-state index contributed by atoms with van der Waals surface area (Å²) in [6, 6.07) is 26.2. The van der Waals surface area contributed by atoms with Gasteiger partial charge in [0.2, 0.25) is 5.91 Å². The van der Waals surface area contributed by atoms with Gasteiger partial charge >= 0.3 is 0 Å². The molecule has 166 valence electrons. The van der Waals surface area contributed by atoms with Crippen LogP contribution < -0.4 is 10.6 Å². The Labute approximate surface area is 196 Å². The van der Waals surface area contributed by atoms with Crippen molar-refractivity contribution in [3.05, 3.63) is 102 Å². The van der Waals surface area contributed by atoms with Crippen LogP contribution in [-0.2, 0) is 4.79 Å². The van der Waals surface area contributed by atoms with Crippen molar-refractivity contribution in [1.82, 2.24) is 20.1 Å². The minimum absolute atomic E-state index is 0.127. The van der Waals surface area contributed by atoms with E-state index in [0.717, 1.165) is 11.3 Å². The van der Waals surface area contributed by atoms with Crippen molar-refractivity contribution in [2.75, 3.05) is 11.1 Å². The third-order valence-corrected chi connectivity index (χ3v) is 5.92. The van der Waals surface area contributed by atoms with E-state index < -0.39 is 0 Å². The van der Waals surface area contributed by atoms with Crippen LogP contribution in [0.3, 0.4) is 0 Å². The summed E-state index contributed by atoms with van der Waals surface area (Å²) in [5.41, 5.74) is 2.79. The van der Waals surface area contributed by atoms with E-state index in [1.54, 1.807) is 30.6 Å². The van der Waals surface area contributed by atoms with E-state index in [1.807, 2.05) is 72.2 Å². The van der Waals surface area contributed by atoms with Gasteiger partial charge in [0.1, 0.15) is 6.33 Å². The van der Waals surface area contributed by atoms with Crippen LogP contribution in [0.5, 0.6) is 0 Å². The summed E-state index contributed by atoms with van der Waals surface area (Å²) in [6.07, 6.45) is 1.61. The minimum atomic E-state index is -0.251. The number of nitrogens with zero attached hydrogens (tertiary/aromatic N) is 3. The second-order valence-corrected chi connectivity index (χ2v) is 8.25. The predicted octanol–water partition coefficient (Wildman–Crippen LogP) is 4.49. The molecule has 1 atom stereocenters. The Morgan fingerprint density at radius 1 is 0.939 bits per heavy atom. The Bertz CT molecular complexity index is 1230. The number of thioether (sulfide) groups is 1. The number of para-hydroxylation sites is 2. The summed E-state index contributed by atoms with van der Waals surface area (Å²) in [6.45, 7) is 1.92. The Kier molecular flexibility index (Phi) is 7.16. The number of nitrogens with one attached hydrogen (secondary N) is 2. The van der Waals surface area contributed by atoms with Crippen molar-refractivity contribution in [2.45, 2.75) is 18.1 Å². The van der Waals surface area contributed by atoms with Crippen LogP contribution in [0.2, 0.25) is 0 Å². The molecular formula is C25H23N5O2S. The van der Waals surface area contributed by atoms with Gasteiger partial charge in [-0.15, -0.1) is 10.2 Å². The van der Waals surface area contributed by atoms with Gasteiger partial charge in [0, 0.05) is 5.69 Å². The number of hydrogen-bond acceptors (Lipinski definition) is 5. The molecule has 2 amide bonds. The van der Waals surface area contributed by atoms with Gasteiger partial charge in [0.05, 0.1) is 23.0 Å². The lowest BCUT2D eigenvalue weighted by Crippen LogP contribution is -2.28. The number of carbonyl (C=O) groups excluding carboxylic acids is 2. The Balaban J connectivity index is 1.40. The summed E-state index contributed by atoms with van der Waals surface area (Å²) in [5, 5.41) is 14.5. The maximum Gasteiger partial charge on any atom is 0.253 e. The lowest BCUT2D eigenvalue weighted by atomic mass is 10.1. The molecule has 8 heteroatoms. The monoisotopic (exact) mass is 457 g/mol. The van der Waals surface area contributed by atoms with E-state index in [-0.39, 0.29) is 23.6 Å². The highest BCUT2D eigenvalue weighted by Crippen LogP contribution is 2.21. The van der Waals surface area contributed by atoms with E-state index in [1.165, 1.54) is 11.8 Å². The van der Waals surface area contributed by atoms with E-state index in [0.29, 0.717) is 16.4 Å². The molecule has 2 N–H and O–H groups in total. The molecule has 4 rings (SSSR count). The minimum Gasteiger partial charge on any atom is -0.345 e. The first-order chi connectivity index (χ1) is 16.1. The molecule has 0 saturated carbocycles. The van der Waals surface area contributed by atoms with Gasteiger partial charge in [-0.3, -0.25) is 14.2 Å². The molecule has 0 spiro atoms. The molecular weight excluding hydrogens is 434 g/mol. The van der Waals surface area contributed by atoms with Crippen LogP contribution in [-0.4, -0.2) is 32.3 Å². The maximum absolute atomic E-state index is 12.9. The molecule has 0 bridgehead atoms. The van der Waals surface area contributed by atoms with Crippen LogP contribution in [0, 0.1) is 0 Å². The van der Waals surface area contributed by atoms with E-state index >= 15 is 0 Å². The number of amides is 2. The molecule has 0 radical (unpaired) electrons. The van der Waals surface area contributed by atoms with Crippen LogP contribution in [0.15, 0.2) is 96.4 Å². The average molecular weight is 458 g/mol. The summed E-state index contributed by atoms with van der Waals surface area (Å²) >= 11 is 1.27. The third-order valence-electron chi connectivity index (χ3n) is 4.98. The van der Waals surface area contributed by atoms with Gasteiger partial charge in [0.25, 0.3) is 5.91 Å². The van der Waals surface area contributed by atoms with Crippen molar-refractivity contribution < 1.29 is 9.59 Å². The van der Waals surface area contributed by atoms with E-state index in [2.05, 4.69) is 20.8 Å². The summed E-state index contributed by atoms with van der Waals surface area (Å²) < 4.78 is 1.82. The van der Waals surface area contributed by atoms with Crippen molar-refractivity contribution in [3.63, 3.8) is 0 Å². The molecule has 1 unspecified atom stereocenters. The van der Waals surface area contributed by atoms with Crippen LogP contribution in [0.4, 0.5) is 5.69 Å². The normalized spacial score (nSPS) is 11.5. The SMILES string of the molecule is CC(NC(=O)c1ccccc1NC(=O)CSc1nncn1-c1ccccc1)c1ccccc1. The summed E-state index contributed by atoms with van der Waals surface area (Å²) in [4.78, 5) is 25.5. The second kappa shape index (κ2) is 10.6. The van der Waals surface area contributed by atoms with Gasteiger partial charge < -0.3 is 10.6 Å². The third kappa shape index (κ3) is 5.67. The molecule has 0 aliphatic heterocycles. The zero-order valence-corrected chi connectivity index (χ0v) is 18.8. The first kappa shape index (κ1) is 22.3. The molecule has 0 aliphatic rings. The number of carbonyl (C=O) groups is 2. The largest absolute Gasteiger partial charge is 0.345 e. The van der Waals surface area contributed by atoms with Gasteiger partial charge in [-0.25, -0.2) is 0 Å². The lowest BCUT2D eigenvalue weighted by molar-refractivity contribution is -0.113. The fraction of sp³-hybridized carbons (Fsp3) is 0.120. The molecule has 1 aromatic heterocycles. The molecule has 1 heterocycles. The standard InChI is InChI=1S/C25H23N5O2S/c1-18(19-10-4-2-5-11-19)27-24(32)21-14-8-9-15-22(21)28-23(31)16-33-25-29-26-17-30(25)20-12-6-3-7-13-20/h2-15,17-18H,16H2,1H3,(H,27,32)(H,28,31). The molecule has 3 aromatic carbocycles. The predicted molar refractivity (Wildman–Crippen MR) is 129 cm³/mol. The molecule has 0 fully saturated rings. The van der Waals surface area contributed by atoms with Crippen molar-refractivity contribution in [2.24, 2.45) is 0 Å². The highest BCUT2D eigenvalue weighted by molar-refractivity contribution is 7.99. The fourth-order valence-electron chi connectivity index (χ4n) is 3.29. The van der Waals surface area contributed by atoms with Crippen LogP contribution in [0.1, 0.15) is 28.9 Å². The number of rotatable bonds is 8. The van der Waals surface area contributed by atoms with Gasteiger partial charge in [0.15, 0.2) is 5.16 Å². The summed E-state index contributed by atoms with van der Waals surface area (Å²) in [5.74, 6) is -0.361. The molecule has 0 aliphatic carbocycles. The topological polar surface area (TPSA) is 88.9 Å². The van der Waals surface area contributed by atoms with Crippen molar-refractivity contribution >= 4 is 29.3 Å². The van der Waals surface area contributed by atoms with Crippen molar-refractivity contribution in [1.29, 1.82) is 0 Å². The lowest BCUT2D eigenvalue weighted by Gasteiger charge is -2.16. The number of benzene rings is 3. The molecule has 0 saturated heterocycles. The summed E-state index contributed by atoms with van der Waals surface area (Å²) in [7, 11) is 0. The zero-order valence-electron chi connectivity index (χ0n) is 18.0. The molecule has 7 nitrogen and oxygen atoms in total. The number of anilines is 1. The van der Waals surface area contributed by atoms with E-state index in [4.69, 9.17) is 0 Å². The zero-order chi connectivity index (χ0) is 23.0. The maximum atomic E-state index is 12.9. The van der Waals surface area contributed by atoms with Crippen LogP contribution in [0.25, 0.3) is 5.69 Å². The highest BCUT2D eigenvalue weighted by Gasteiger charge is 2.17. The smallest absolute Gasteiger partial charge is 0.253 e. The van der Waals surface area contributed by atoms with Gasteiger partial charge in [-0.05, 0) is 36.8 Å². The second-order valence-electron chi connectivity index (χ2n) is 7.31. The first-order valence-electron chi connectivity index (χ1n) is 10.4. The van der Waals surface area contributed by atoms with Crippen molar-refractivity contribution in [3.8, 4) is 5.69 Å². The number of hydrogen-bond donors (Lipinski definition) is 2. The Morgan fingerprint density at radius 2 is 1.61 bits per heavy atom. The Morgan fingerprint density at radius 3 is 2.36 bits per heavy atom.